The van der Waals surface area contributed by atoms with Crippen molar-refractivity contribution >= 4 is 17.3 Å². The molecule has 0 spiro atoms. The molecule has 0 bridgehead atoms. The quantitative estimate of drug-likeness (QED) is 0.490. The Kier molecular flexibility index (Phi) is 5.56. The molecule has 0 saturated carbocycles. The summed E-state index contributed by atoms with van der Waals surface area (Å²) in [7, 11) is 0. The lowest BCUT2D eigenvalue weighted by atomic mass is 9.97. The largest absolute Gasteiger partial charge is 0.361 e. The lowest BCUT2D eigenvalue weighted by Gasteiger charge is -2.36. The Balaban J connectivity index is 1.44. The third-order valence-electron chi connectivity index (χ3n) is 5.98. The van der Waals surface area contributed by atoms with E-state index in [1.165, 1.54) is 24.3 Å². The van der Waals surface area contributed by atoms with E-state index >= 15 is 0 Å². The van der Waals surface area contributed by atoms with Crippen LogP contribution in [0.5, 0.6) is 0 Å². The molecular formula is C25H23FN6O. The highest BCUT2D eigenvalue weighted by molar-refractivity contribution is 6.05. The minimum atomic E-state index is -0.369. The van der Waals surface area contributed by atoms with E-state index in [1.54, 1.807) is 4.68 Å². The van der Waals surface area contributed by atoms with Gasteiger partial charge in [0.05, 0.1) is 11.7 Å². The number of benzene rings is 3. The van der Waals surface area contributed by atoms with Crippen molar-refractivity contribution in [3.8, 4) is 5.69 Å². The molecule has 3 aromatic carbocycles. The number of fused-ring (bicyclic) bond motifs is 1. The maximum atomic E-state index is 13.2. The van der Waals surface area contributed by atoms with Crippen LogP contribution in [0.1, 0.15) is 41.1 Å². The molecule has 0 fully saturated rings. The van der Waals surface area contributed by atoms with Gasteiger partial charge in [0.15, 0.2) is 5.82 Å². The second kappa shape index (κ2) is 8.82. The van der Waals surface area contributed by atoms with Crippen LogP contribution >= 0.6 is 0 Å². The van der Waals surface area contributed by atoms with E-state index in [0.29, 0.717) is 5.56 Å². The number of hydrogen-bond donors (Lipinski definition) is 1. The number of halogens is 1. The number of hydrogen-bond acceptors (Lipinski definition) is 5. The summed E-state index contributed by atoms with van der Waals surface area (Å²) in [5.41, 5.74) is 4.21. The zero-order chi connectivity index (χ0) is 22.8. The smallest absolute Gasteiger partial charge is 0.255 e. The van der Waals surface area contributed by atoms with Crippen molar-refractivity contribution in [2.75, 3.05) is 16.8 Å². The van der Waals surface area contributed by atoms with Gasteiger partial charge >= 0.3 is 0 Å². The highest BCUT2D eigenvalue weighted by atomic mass is 19.1. The van der Waals surface area contributed by atoms with Gasteiger partial charge in [0, 0.05) is 23.5 Å². The predicted molar refractivity (Wildman–Crippen MR) is 124 cm³/mol. The van der Waals surface area contributed by atoms with Gasteiger partial charge in [0.2, 0.25) is 0 Å². The molecular weight excluding hydrogens is 419 g/mol. The minimum Gasteiger partial charge on any atom is -0.361 e. The third kappa shape index (κ3) is 4.07. The highest BCUT2D eigenvalue weighted by Crippen LogP contribution is 2.37. The van der Waals surface area contributed by atoms with E-state index in [0.717, 1.165) is 47.8 Å². The first kappa shape index (κ1) is 20.8. The molecule has 1 atom stereocenters. The lowest BCUT2D eigenvalue weighted by Crippen LogP contribution is -2.34. The summed E-state index contributed by atoms with van der Waals surface area (Å²) in [5, 5.41) is 15.4. The maximum absolute atomic E-state index is 13.2. The number of nitrogens with one attached hydrogen (secondary N) is 1. The van der Waals surface area contributed by atoms with Crippen LogP contribution in [0.15, 0.2) is 72.8 Å². The van der Waals surface area contributed by atoms with Gasteiger partial charge in [-0.05, 0) is 84.3 Å². The van der Waals surface area contributed by atoms with Crippen LogP contribution in [0.25, 0.3) is 5.69 Å². The number of carbonyl (C=O) groups excluding carboxylic acids is 1. The average molecular weight is 442 g/mol. The zero-order valence-electron chi connectivity index (χ0n) is 18.1. The van der Waals surface area contributed by atoms with Crippen molar-refractivity contribution in [1.82, 2.24) is 20.2 Å². The third-order valence-corrected chi connectivity index (χ3v) is 5.98. The van der Waals surface area contributed by atoms with E-state index in [2.05, 4.69) is 38.7 Å². The molecule has 7 nitrogen and oxygen atoms in total. The standard InChI is InChI=1S/C25H23FN6O/c1-17(24-28-29-30-32(24)20-7-3-2-4-8-20)31-16-6-9-21-22(10-5-11-23(21)31)27-25(33)18-12-14-19(26)15-13-18/h2-5,7-8,10-15,17H,6,9,16H2,1H3,(H,27,33). The van der Waals surface area contributed by atoms with Gasteiger partial charge in [0.25, 0.3) is 5.91 Å². The zero-order valence-corrected chi connectivity index (χ0v) is 18.1. The summed E-state index contributed by atoms with van der Waals surface area (Å²) < 4.78 is 15.0. The monoisotopic (exact) mass is 442 g/mol. The Labute approximate surface area is 190 Å². The second-order valence-electron chi connectivity index (χ2n) is 8.02. The first-order valence-electron chi connectivity index (χ1n) is 10.9. The van der Waals surface area contributed by atoms with Crippen molar-refractivity contribution in [3.05, 3.63) is 95.6 Å². The van der Waals surface area contributed by atoms with Crippen molar-refractivity contribution in [1.29, 1.82) is 0 Å². The Bertz CT molecular complexity index is 1270. The fraction of sp³-hybridized carbons (Fsp3) is 0.200. The number of para-hydroxylation sites is 1. The van der Waals surface area contributed by atoms with Gasteiger partial charge in [-0.15, -0.1) is 5.10 Å². The first-order valence-corrected chi connectivity index (χ1v) is 10.9. The number of carbonyl (C=O) groups is 1. The van der Waals surface area contributed by atoms with Gasteiger partial charge in [-0.2, -0.15) is 4.68 Å². The molecule has 2 heterocycles. The Morgan fingerprint density at radius 2 is 1.82 bits per heavy atom. The van der Waals surface area contributed by atoms with Crippen LogP contribution in [0.4, 0.5) is 15.8 Å². The number of aromatic nitrogens is 4. The predicted octanol–water partition coefficient (Wildman–Crippen LogP) is 4.57. The van der Waals surface area contributed by atoms with Crippen LogP contribution in [-0.4, -0.2) is 32.7 Å². The molecule has 166 valence electrons. The van der Waals surface area contributed by atoms with E-state index in [-0.39, 0.29) is 17.8 Å². The van der Waals surface area contributed by atoms with Gasteiger partial charge in [-0.1, -0.05) is 24.3 Å². The molecule has 33 heavy (non-hydrogen) atoms. The number of nitrogens with zero attached hydrogens (tertiary/aromatic N) is 5. The van der Waals surface area contributed by atoms with Crippen LogP contribution < -0.4 is 10.2 Å². The maximum Gasteiger partial charge on any atom is 0.255 e. The molecule has 1 amide bonds. The van der Waals surface area contributed by atoms with E-state index < -0.39 is 0 Å². The van der Waals surface area contributed by atoms with Gasteiger partial charge in [-0.25, -0.2) is 4.39 Å². The molecule has 5 rings (SSSR count). The molecule has 1 N–H and O–H groups in total. The van der Waals surface area contributed by atoms with Crippen LogP contribution in [0.2, 0.25) is 0 Å². The molecule has 4 aromatic rings. The van der Waals surface area contributed by atoms with E-state index in [9.17, 15) is 9.18 Å². The number of anilines is 2. The molecule has 1 unspecified atom stereocenters. The number of rotatable bonds is 5. The lowest BCUT2D eigenvalue weighted by molar-refractivity contribution is 0.102. The number of amides is 1. The van der Waals surface area contributed by atoms with Crippen LogP contribution in [-0.2, 0) is 6.42 Å². The highest BCUT2D eigenvalue weighted by Gasteiger charge is 2.28. The molecule has 1 aromatic heterocycles. The first-order chi connectivity index (χ1) is 16.1. The topological polar surface area (TPSA) is 75.9 Å². The van der Waals surface area contributed by atoms with Gasteiger partial charge in [-0.3, -0.25) is 4.79 Å². The normalized spacial score (nSPS) is 13.9. The van der Waals surface area contributed by atoms with Crippen molar-refractivity contribution < 1.29 is 9.18 Å². The molecule has 0 saturated heterocycles. The molecule has 1 aliphatic rings. The van der Waals surface area contributed by atoms with Crippen LogP contribution in [0.3, 0.4) is 0 Å². The molecule has 0 radical (unpaired) electrons. The fourth-order valence-electron chi connectivity index (χ4n) is 4.32. The van der Waals surface area contributed by atoms with Crippen molar-refractivity contribution in [2.24, 2.45) is 0 Å². The Hall–Kier alpha value is -4.07. The summed E-state index contributed by atoms with van der Waals surface area (Å²) in [6.45, 7) is 2.94. The summed E-state index contributed by atoms with van der Waals surface area (Å²) in [6.07, 6.45) is 1.79. The van der Waals surface area contributed by atoms with Crippen molar-refractivity contribution in [2.45, 2.75) is 25.8 Å². The van der Waals surface area contributed by atoms with Gasteiger partial charge in [0.1, 0.15) is 5.82 Å². The summed E-state index contributed by atoms with van der Waals surface area (Å²) in [6, 6.07) is 21.2. The molecule has 8 heteroatoms. The average Bonchev–Trinajstić information content (AvgIpc) is 3.34. The minimum absolute atomic E-state index is 0.0812. The summed E-state index contributed by atoms with van der Waals surface area (Å²) in [5.74, 6) is 0.113. The SMILES string of the molecule is CC(c1nnnn1-c1ccccc1)N1CCCc2c(NC(=O)c3ccc(F)cc3)cccc21. The van der Waals surface area contributed by atoms with Crippen LogP contribution in [0, 0.1) is 5.82 Å². The van der Waals surface area contributed by atoms with Gasteiger partial charge < -0.3 is 10.2 Å². The van der Waals surface area contributed by atoms with E-state index in [4.69, 9.17) is 0 Å². The molecule has 1 aliphatic heterocycles. The Morgan fingerprint density at radius 1 is 1.03 bits per heavy atom. The summed E-state index contributed by atoms with van der Waals surface area (Å²) >= 11 is 0. The van der Waals surface area contributed by atoms with E-state index in [1.807, 2.05) is 42.5 Å². The molecule has 0 aliphatic carbocycles. The van der Waals surface area contributed by atoms with Crippen molar-refractivity contribution in [3.63, 3.8) is 0 Å². The summed E-state index contributed by atoms with van der Waals surface area (Å²) in [4.78, 5) is 15.0. The Morgan fingerprint density at radius 3 is 2.61 bits per heavy atom. The fourth-order valence-corrected chi connectivity index (χ4v) is 4.32. The number of tetrazole rings is 1. The second-order valence-corrected chi connectivity index (χ2v) is 8.02.